The first-order chi connectivity index (χ1) is 10.3. The lowest BCUT2D eigenvalue weighted by Gasteiger charge is -1.99. The molecule has 114 valence electrons. The number of hydrogen-bond donors (Lipinski definition) is 1. The minimum absolute atomic E-state index is 0.642. The highest BCUT2D eigenvalue weighted by atomic mass is 16.5. The van der Waals surface area contributed by atoms with E-state index in [-0.39, 0.29) is 0 Å². The number of hydrogen-bond acceptors (Lipinski definition) is 5. The molecule has 0 bridgehead atoms. The van der Waals surface area contributed by atoms with Crippen LogP contribution in [0, 0.1) is 0 Å². The van der Waals surface area contributed by atoms with Crippen molar-refractivity contribution in [1.82, 2.24) is 15.5 Å². The Hall–Kier alpha value is -1.88. The van der Waals surface area contributed by atoms with E-state index in [1.165, 1.54) is 19.3 Å². The van der Waals surface area contributed by atoms with E-state index in [0.717, 1.165) is 36.6 Å². The third-order valence-corrected chi connectivity index (χ3v) is 3.38. The van der Waals surface area contributed by atoms with Gasteiger partial charge in [-0.05, 0) is 50.7 Å². The van der Waals surface area contributed by atoms with Crippen LogP contribution in [0.5, 0.6) is 5.75 Å². The van der Waals surface area contributed by atoms with Gasteiger partial charge in [-0.3, -0.25) is 0 Å². The largest absolute Gasteiger partial charge is 0.497 e. The van der Waals surface area contributed by atoms with Crippen molar-refractivity contribution in [2.75, 3.05) is 20.7 Å². The molecule has 0 fully saturated rings. The number of methoxy groups -OCH3 is 1. The Kier molecular flexibility index (Phi) is 6.22. The van der Waals surface area contributed by atoms with Crippen LogP contribution in [0.2, 0.25) is 0 Å². The zero-order chi connectivity index (χ0) is 14.9. The molecule has 0 unspecified atom stereocenters. The predicted octanol–water partition coefficient (Wildman–Crippen LogP) is 3.07. The first-order valence-electron chi connectivity index (χ1n) is 7.45. The van der Waals surface area contributed by atoms with E-state index in [4.69, 9.17) is 9.26 Å². The van der Waals surface area contributed by atoms with Gasteiger partial charge in [-0.1, -0.05) is 18.0 Å². The minimum atomic E-state index is 0.642. The maximum absolute atomic E-state index is 5.30. The van der Waals surface area contributed by atoms with Gasteiger partial charge in [-0.25, -0.2) is 0 Å². The van der Waals surface area contributed by atoms with Crippen LogP contribution in [-0.4, -0.2) is 30.8 Å². The van der Waals surface area contributed by atoms with Crippen molar-refractivity contribution in [3.05, 3.63) is 30.2 Å². The van der Waals surface area contributed by atoms with Gasteiger partial charge >= 0.3 is 0 Å². The van der Waals surface area contributed by atoms with Crippen LogP contribution in [0.4, 0.5) is 0 Å². The molecule has 5 heteroatoms. The maximum atomic E-state index is 5.30. The van der Waals surface area contributed by atoms with E-state index in [9.17, 15) is 0 Å². The lowest BCUT2D eigenvalue weighted by molar-refractivity contribution is 0.374. The first kappa shape index (κ1) is 15.5. The van der Waals surface area contributed by atoms with Crippen LogP contribution in [0.1, 0.15) is 31.6 Å². The Morgan fingerprint density at radius 3 is 2.57 bits per heavy atom. The van der Waals surface area contributed by atoms with Gasteiger partial charge < -0.3 is 14.6 Å². The standard InChI is InChI=1S/C16H23N3O2/c1-17-12-6-4-3-5-7-15-18-16(19-21-15)13-8-10-14(20-2)11-9-13/h8-11,17H,3-7,12H2,1-2H3. The summed E-state index contributed by atoms with van der Waals surface area (Å²) in [6.07, 6.45) is 5.59. The van der Waals surface area contributed by atoms with Crippen LogP contribution < -0.4 is 10.1 Å². The van der Waals surface area contributed by atoms with Gasteiger partial charge in [0.05, 0.1) is 7.11 Å². The molecule has 0 aliphatic carbocycles. The molecule has 2 aromatic rings. The van der Waals surface area contributed by atoms with E-state index in [0.29, 0.717) is 5.82 Å². The van der Waals surface area contributed by atoms with E-state index in [2.05, 4.69) is 15.5 Å². The average Bonchev–Trinajstić information content (AvgIpc) is 3.00. The fourth-order valence-electron chi connectivity index (χ4n) is 2.15. The Morgan fingerprint density at radius 2 is 1.86 bits per heavy atom. The molecule has 1 N–H and O–H groups in total. The van der Waals surface area contributed by atoms with Gasteiger partial charge in [0, 0.05) is 12.0 Å². The van der Waals surface area contributed by atoms with Crippen molar-refractivity contribution >= 4 is 0 Å². The molecule has 1 heterocycles. The Labute approximate surface area is 125 Å². The van der Waals surface area contributed by atoms with Gasteiger partial charge in [0.1, 0.15) is 5.75 Å². The monoisotopic (exact) mass is 289 g/mol. The van der Waals surface area contributed by atoms with Crippen molar-refractivity contribution in [2.24, 2.45) is 0 Å². The molecular formula is C16H23N3O2. The zero-order valence-electron chi connectivity index (χ0n) is 12.8. The molecule has 0 aliphatic heterocycles. The fourth-order valence-corrected chi connectivity index (χ4v) is 2.15. The summed E-state index contributed by atoms with van der Waals surface area (Å²) >= 11 is 0. The maximum Gasteiger partial charge on any atom is 0.226 e. The number of nitrogens with zero attached hydrogens (tertiary/aromatic N) is 2. The molecule has 0 radical (unpaired) electrons. The summed E-state index contributed by atoms with van der Waals surface area (Å²) in [6, 6.07) is 7.66. The molecule has 1 aromatic heterocycles. The molecule has 2 rings (SSSR count). The minimum Gasteiger partial charge on any atom is -0.497 e. The lowest BCUT2D eigenvalue weighted by atomic mass is 10.1. The van der Waals surface area contributed by atoms with Gasteiger partial charge in [0.2, 0.25) is 11.7 Å². The molecule has 21 heavy (non-hydrogen) atoms. The highest BCUT2D eigenvalue weighted by Gasteiger charge is 2.08. The van der Waals surface area contributed by atoms with E-state index in [1.807, 2.05) is 31.3 Å². The number of benzene rings is 1. The van der Waals surface area contributed by atoms with Crippen LogP contribution in [0.3, 0.4) is 0 Å². The van der Waals surface area contributed by atoms with Crippen molar-refractivity contribution in [1.29, 1.82) is 0 Å². The molecule has 1 aromatic carbocycles. The van der Waals surface area contributed by atoms with Crippen LogP contribution >= 0.6 is 0 Å². The summed E-state index contributed by atoms with van der Waals surface area (Å²) in [5.41, 5.74) is 0.944. The SMILES string of the molecule is CNCCCCCCc1nc(-c2ccc(OC)cc2)no1. The number of rotatable bonds is 9. The topological polar surface area (TPSA) is 60.2 Å². The third-order valence-electron chi connectivity index (χ3n) is 3.38. The highest BCUT2D eigenvalue weighted by Crippen LogP contribution is 2.20. The molecular weight excluding hydrogens is 266 g/mol. The van der Waals surface area contributed by atoms with E-state index < -0.39 is 0 Å². The van der Waals surface area contributed by atoms with Crippen molar-refractivity contribution in [3.63, 3.8) is 0 Å². The van der Waals surface area contributed by atoms with Gasteiger partial charge in [0.25, 0.3) is 0 Å². The fraction of sp³-hybridized carbons (Fsp3) is 0.500. The van der Waals surface area contributed by atoms with E-state index in [1.54, 1.807) is 7.11 Å². The quantitative estimate of drug-likeness (QED) is 0.719. The summed E-state index contributed by atoms with van der Waals surface area (Å²) < 4.78 is 10.4. The molecule has 0 atom stereocenters. The summed E-state index contributed by atoms with van der Waals surface area (Å²) in [5.74, 6) is 2.18. The van der Waals surface area contributed by atoms with Crippen molar-refractivity contribution < 1.29 is 9.26 Å². The average molecular weight is 289 g/mol. The Bertz CT molecular complexity index is 523. The molecule has 0 spiro atoms. The summed E-state index contributed by atoms with van der Waals surface area (Å²) in [7, 11) is 3.64. The lowest BCUT2D eigenvalue weighted by Crippen LogP contribution is -2.06. The van der Waals surface area contributed by atoms with Gasteiger partial charge in [-0.15, -0.1) is 0 Å². The van der Waals surface area contributed by atoms with Crippen molar-refractivity contribution in [2.45, 2.75) is 32.1 Å². The molecule has 5 nitrogen and oxygen atoms in total. The van der Waals surface area contributed by atoms with Crippen molar-refractivity contribution in [3.8, 4) is 17.1 Å². The summed E-state index contributed by atoms with van der Waals surface area (Å²) in [4.78, 5) is 4.44. The number of aryl methyl sites for hydroxylation is 1. The van der Waals surface area contributed by atoms with Crippen LogP contribution in [-0.2, 0) is 6.42 Å². The van der Waals surface area contributed by atoms with Crippen LogP contribution in [0.25, 0.3) is 11.4 Å². The smallest absolute Gasteiger partial charge is 0.226 e. The Morgan fingerprint density at radius 1 is 1.10 bits per heavy atom. The summed E-state index contributed by atoms with van der Waals surface area (Å²) in [5, 5.41) is 7.19. The molecule has 0 aliphatic rings. The normalized spacial score (nSPS) is 10.8. The summed E-state index contributed by atoms with van der Waals surface area (Å²) in [6.45, 7) is 1.09. The third kappa shape index (κ3) is 4.86. The first-order valence-corrected chi connectivity index (χ1v) is 7.45. The number of unbranched alkanes of at least 4 members (excludes halogenated alkanes) is 3. The van der Waals surface area contributed by atoms with Gasteiger partial charge in [-0.2, -0.15) is 4.98 Å². The molecule has 0 saturated heterocycles. The molecule has 0 amide bonds. The second kappa shape index (κ2) is 8.42. The number of aromatic nitrogens is 2. The second-order valence-corrected chi connectivity index (χ2v) is 5.01. The number of ether oxygens (including phenoxy) is 1. The predicted molar refractivity (Wildman–Crippen MR) is 82.4 cm³/mol. The van der Waals surface area contributed by atoms with E-state index >= 15 is 0 Å². The zero-order valence-corrected chi connectivity index (χ0v) is 12.8. The highest BCUT2D eigenvalue weighted by molar-refractivity contribution is 5.55. The van der Waals surface area contributed by atoms with Crippen LogP contribution in [0.15, 0.2) is 28.8 Å². The van der Waals surface area contributed by atoms with Gasteiger partial charge in [0.15, 0.2) is 0 Å². The molecule has 0 saturated carbocycles. The Balaban J connectivity index is 1.80. The number of nitrogens with one attached hydrogen (secondary N) is 1. The second-order valence-electron chi connectivity index (χ2n) is 5.01.